The first-order valence-corrected chi connectivity index (χ1v) is 9.22. The lowest BCUT2D eigenvalue weighted by atomic mass is 9.89. The number of fused-ring (bicyclic) bond motifs is 2. The molecule has 2 unspecified atom stereocenters. The molecule has 5 rings (SSSR count). The van der Waals surface area contributed by atoms with Gasteiger partial charge in [-0.2, -0.15) is 5.10 Å². The average molecular weight is 336 g/mol. The molecule has 2 aromatic rings. The van der Waals surface area contributed by atoms with Crippen LogP contribution in [0.4, 0.5) is 5.82 Å². The summed E-state index contributed by atoms with van der Waals surface area (Å²) in [5, 5.41) is 8.16. The van der Waals surface area contributed by atoms with Crippen LogP contribution in [0.25, 0.3) is 0 Å². The van der Waals surface area contributed by atoms with Crippen molar-refractivity contribution in [2.24, 2.45) is 11.8 Å². The molecule has 2 aliphatic heterocycles. The summed E-state index contributed by atoms with van der Waals surface area (Å²) in [5.41, 5.74) is 1.84. The van der Waals surface area contributed by atoms with Crippen LogP contribution in [0.2, 0.25) is 0 Å². The number of amides is 1. The second-order valence-electron chi connectivity index (χ2n) is 8.41. The molecule has 3 aliphatic rings. The van der Waals surface area contributed by atoms with Gasteiger partial charge in [0.05, 0.1) is 17.8 Å². The van der Waals surface area contributed by atoms with Gasteiger partial charge in [0.2, 0.25) is 0 Å². The van der Waals surface area contributed by atoms with Gasteiger partial charge in [-0.15, -0.1) is 0 Å². The minimum atomic E-state index is -0.132. The number of benzene rings is 1. The number of nitrogens with zero attached hydrogens (tertiary/aromatic N) is 3. The van der Waals surface area contributed by atoms with Crippen LogP contribution in [-0.4, -0.2) is 33.7 Å². The number of aromatic nitrogens is 2. The van der Waals surface area contributed by atoms with Crippen LogP contribution in [-0.2, 0) is 5.54 Å². The van der Waals surface area contributed by atoms with Crippen molar-refractivity contribution in [1.82, 2.24) is 14.7 Å². The van der Waals surface area contributed by atoms with E-state index < -0.39 is 0 Å². The topological polar surface area (TPSA) is 50.2 Å². The molecule has 5 heteroatoms. The van der Waals surface area contributed by atoms with Crippen molar-refractivity contribution in [3.05, 3.63) is 47.7 Å². The summed E-state index contributed by atoms with van der Waals surface area (Å²) in [4.78, 5) is 15.0. The lowest BCUT2D eigenvalue weighted by molar-refractivity contribution is 0.0776. The Labute approximate surface area is 148 Å². The summed E-state index contributed by atoms with van der Waals surface area (Å²) >= 11 is 0. The summed E-state index contributed by atoms with van der Waals surface area (Å²) in [7, 11) is 0. The molecule has 1 saturated heterocycles. The molecule has 1 saturated carbocycles. The Bertz CT molecular complexity index is 815. The van der Waals surface area contributed by atoms with Crippen LogP contribution < -0.4 is 5.32 Å². The van der Waals surface area contributed by atoms with Gasteiger partial charge in [0.25, 0.3) is 5.91 Å². The van der Waals surface area contributed by atoms with E-state index in [2.05, 4.69) is 48.5 Å². The number of piperidine rings is 1. The monoisotopic (exact) mass is 336 g/mol. The van der Waals surface area contributed by atoms with E-state index in [1.807, 2.05) is 15.6 Å². The molecule has 1 aromatic carbocycles. The third-order valence-corrected chi connectivity index (χ3v) is 6.06. The number of carbonyl (C=O) groups excluding carboxylic acids is 1. The first-order valence-electron chi connectivity index (χ1n) is 9.22. The molecule has 130 valence electrons. The van der Waals surface area contributed by atoms with Gasteiger partial charge in [-0.3, -0.25) is 4.79 Å². The van der Waals surface area contributed by atoms with E-state index in [-0.39, 0.29) is 17.5 Å². The Morgan fingerprint density at radius 3 is 2.64 bits per heavy atom. The van der Waals surface area contributed by atoms with E-state index in [0.717, 1.165) is 42.7 Å². The molecular weight excluding hydrogens is 312 g/mol. The molecule has 1 aliphatic carbocycles. The molecule has 0 bridgehead atoms. The largest absolute Gasteiger partial charge is 0.363 e. The van der Waals surface area contributed by atoms with Gasteiger partial charge in [-0.1, -0.05) is 30.3 Å². The van der Waals surface area contributed by atoms with Gasteiger partial charge >= 0.3 is 0 Å². The molecule has 1 N–H and O–H groups in total. The third kappa shape index (κ3) is 2.36. The van der Waals surface area contributed by atoms with Crippen LogP contribution in [0.1, 0.15) is 48.7 Å². The van der Waals surface area contributed by atoms with E-state index in [0.29, 0.717) is 0 Å². The van der Waals surface area contributed by atoms with Gasteiger partial charge in [0, 0.05) is 13.1 Å². The number of likely N-dealkylation sites (tertiary alicyclic amines) is 1. The minimum Gasteiger partial charge on any atom is -0.363 e. The quantitative estimate of drug-likeness (QED) is 0.916. The van der Waals surface area contributed by atoms with Crippen molar-refractivity contribution in [2.75, 3.05) is 18.4 Å². The van der Waals surface area contributed by atoms with Crippen molar-refractivity contribution in [1.29, 1.82) is 0 Å². The van der Waals surface area contributed by atoms with Crippen LogP contribution in [0.15, 0.2) is 36.5 Å². The Morgan fingerprint density at radius 1 is 1.20 bits per heavy atom. The highest BCUT2D eigenvalue weighted by atomic mass is 16.2. The van der Waals surface area contributed by atoms with Gasteiger partial charge in [-0.05, 0) is 44.1 Å². The smallest absolute Gasteiger partial charge is 0.259 e. The molecule has 0 radical (unpaired) electrons. The van der Waals surface area contributed by atoms with Crippen LogP contribution in [0, 0.1) is 11.8 Å². The average Bonchev–Trinajstić information content (AvgIpc) is 3.02. The zero-order valence-electron chi connectivity index (χ0n) is 14.8. The lowest BCUT2D eigenvalue weighted by Gasteiger charge is -2.38. The molecule has 0 spiro atoms. The van der Waals surface area contributed by atoms with Gasteiger partial charge < -0.3 is 10.2 Å². The Hall–Kier alpha value is -2.30. The number of carbonyl (C=O) groups is 1. The lowest BCUT2D eigenvalue weighted by Crippen LogP contribution is -2.39. The second kappa shape index (κ2) is 5.10. The molecule has 2 fully saturated rings. The highest BCUT2D eigenvalue weighted by Gasteiger charge is 2.47. The molecule has 3 atom stereocenters. The summed E-state index contributed by atoms with van der Waals surface area (Å²) in [6.07, 6.45) is 3.99. The van der Waals surface area contributed by atoms with Gasteiger partial charge in [0.15, 0.2) is 0 Å². The van der Waals surface area contributed by atoms with Crippen molar-refractivity contribution >= 4 is 11.7 Å². The number of nitrogens with one attached hydrogen (secondary N) is 1. The predicted molar refractivity (Wildman–Crippen MR) is 96.5 cm³/mol. The Balaban J connectivity index is 1.49. The number of hydrogen-bond acceptors (Lipinski definition) is 3. The van der Waals surface area contributed by atoms with E-state index in [9.17, 15) is 4.79 Å². The molecule has 1 amide bonds. The molecule has 1 aromatic heterocycles. The molecule has 3 heterocycles. The summed E-state index contributed by atoms with van der Waals surface area (Å²) in [6, 6.07) is 10.7. The SMILES string of the molecule is CC1(C)C[C@H](c2ccccc2)Nc2c(C(=O)N3CC4CC4C3)cnn21. The zero-order valence-corrected chi connectivity index (χ0v) is 14.8. The zero-order chi connectivity index (χ0) is 17.2. The maximum Gasteiger partial charge on any atom is 0.259 e. The number of anilines is 1. The van der Waals surface area contributed by atoms with Crippen molar-refractivity contribution in [2.45, 2.75) is 38.3 Å². The Kier molecular flexibility index (Phi) is 3.06. The molecular formula is C20H24N4O. The van der Waals surface area contributed by atoms with Crippen LogP contribution >= 0.6 is 0 Å². The first-order chi connectivity index (χ1) is 12.0. The Morgan fingerprint density at radius 2 is 1.92 bits per heavy atom. The highest BCUT2D eigenvalue weighted by molar-refractivity contribution is 5.99. The highest BCUT2D eigenvalue weighted by Crippen LogP contribution is 2.46. The second-order valence-corrected chi connectivity index (χ2v) is 8.41. The fourth-order valence-electron chi connectivity index (χ4n) is 4.53. The van der Waals surface area contributed by atoms with E-state index in [1.165, 1.54) is 12.0 Å². The number of hydrogen-bond donors (Lipinski definition) is 1. The normalized spacial score (nSPS) is 28.9. The fourth-order valence-corrected chi connectivity index (χ4v) is 4.53. The first kappa shape index (κ1) is 15.0. The predicted octanol–water partition coefficient (Wildman–Crippen LogP) is 3.27. The van der Waals surface area contributed by atoms with Gasteiger partial charge in [-0.25, -0.2) is 4.68 Å². The molecule has 25 heavy (non-hydrogen) atoms. The van der Waals surface area contributed by atoms with Crippen molar-refractivity contribution in [3.63, 3.8) is 0 Å². The van der Waals surface area contributed by atoms with Crippen LogP contribution in [0.3, 0.4) is 0 Å². The summed E-state index contributed by atoms with van der Waals surface area (Å²) in [5.74, 6) is 2.50. The van der Waals surface area contributed by atoms with Crippen molar-refractivity contribution < 1.29 is 4.79 Å². The maximum atomic E-state index is 13.0. The molecule has 5 nitrogen and oxygen atoms in total. The maximum absolute atomic E-state index is 13.0. The number of rotatable bonds is 2. The van der Waals surface area contributed by atoms with Crippen molar-refractivity contribution in [3.8, 4) is 0 Å². The summed E-state index contributed by atoms with van der Waals surface area (Å²) in [6.45, 7) is 6.22. The van der Waals surface area contributed by atoms with E-state index in [1.54, 1.807) is 6.20 Å². The van der Waals surface area contributed by atoms with Gasteiger partial charge in [0.1, 0.15) is 11.4 Å². The third-order valence-electron chi connectivity index (χ3n) is 6.06. The van der Waals surface area contributed by atoms with E-state index >= 15 is 0 Å². The van der Waals surface area contributed by atoms with E-state index in [4.69, 9.17) is 0 Å². The standard InChI is InChI=1S/C20H24N4O/c1-20(2)9-17(13-6-4-3-5-7-13)22-18-16(10-21-24(18)20)19(25)23-11-14-8-15(14)12-23/h3-7,10,14-15,17,22H,8-9,11-12H2,1-2H3/t14?,15?,17-/m1/s1. The fraction of sp³-hybridized carbons (Fsp3) is 0.500. The summed E-state index contributed by atoms with van der Waals surface area (Å²) < 4.78 is 2.00. The van der Waals surface area contributed by atoms with Crippen LogP contribution in [0.5, 0.6) is 0 Å². The minimum absolute atomic E-state index is 0.130.